The Balaban J connectivity index is 2.56. The van der Waals surface area contributed by atoms with Gasteiger partial charge in [0.15, 0.2) is 0 Å². The van der Waals surface area contributed by atoms with Gasteiger partial charge in [0.25, 0.3) is 5.91 Å². The molecule has 1 rings (SSSR count). The molecule has 1 atom stereocenters. The van der Waals surface area contributed by atoms with E-state index in [1.165, 1.54) is 0 Å². The minimum Gasteiger partial charge on any atom is -0.385 e. The predicted octanol–water partition coefficient (Wildman–Crippen LogP) is 2.68. The van der Waals surface area contributed by atoms with Crippen molar-refractivity contribution in [1.29, 1.82) is 0 Å². The monoisotopic (exact) mass is 249 g/mol. The molecule has 0 bridgehead atoms. The molecule has 1 unspecified atom stereocenters. The number of amides is 1. The van der Waals surface area contributed by atoms with Crippen molar-refractivity contribution in [2.45, 2.75) is 33.6 Å². The second-order valence-corrected chi connectivity index (χ2v) is 4.58. The lowest BCUT2D eigenvalue weighted by molar-refractivity contribution is 0.0943. The highest BCUT2D eigenvalue weighted by atomic mass is 16.1. The van der Waals surface area contributed by atoms with Crippen molar-refractivity contribution in [2.24, 2.45) is 5.92 Å². The minimum absolute atomic E-state index is 0.101. The highest BCUT2D eigenvalue weighted by molar-refractivity contribution is 5.93. The van der Waals surface area contributed by atoms with Crippen LogP contribution < -0.4 is 10.6 Å². The van der Waals surface area contributed by atoms with Gasteiger partial charge in [-0.25, -0.2) is 0 Å². The van der Waals surface area contributed by atoms with Gasteiger partial charge in [0.05, 0.1) is 0 Å². The lowest BCUT2D eigenvalue weighted by atomic mass is 10.1. The molecule has 1 amide bonds. The van der Waals surface area contributed by atoms with Crippen LogP contribution in [0.1, 0.15) is 44.1 Å². The third-order valence-electron chi connectivity index (χ3n) is 2.88. The topological polar surface area (TPSA) is 54.0 Å². The van der Waals surface area contributed by atoms with Gasteiger partial charge in [-0.2, -0.15) is 0 Å². The third kappa shape index (κ3) is 4.73. The van der Waals surface area contributed by atoms with E-state index in [9.17, 15) is 4.79 Å². The molecule has 0 aliphatic rings. The number of anilines is 1. The molecule has 0 spiro atoms. The maximum Gasteiger partial charge on any atom is 0.269 e. The molecule has 100 valence electrons. The van der Waals surface area contributed by atoms with E-state index >= 15 is 0 Å². The number of pyridine rings is 1. The fourth-order valence-corrected chi connectivity index (χ4v) is 1.44. The van der Waals surface area contributed by atoms with Crippen molar-refractivity contribution in [3.63, 3.8) is 0 Å². The number of carbonyl (C=O) groups is 1. The molecule has 1 heterocycles. The van der Waals surface area contributed by atoms with Crippen molar-refractivity contribution < 1.29 is 4.79 Å². The number of rotatable bonds is 7. The summed E-state index contributed by atoms with van der Waals surface area (Å²) in [6, 6.07) is 3.67. The standard InChI is InChI=1S/C14H23N3O/c1-4-7-15-12-6-8-16-13(9-12)14(18)17-10-11(3)5-2/h6,8-9,11H,4-5,7,10H2,1-3H3,(H,15,16)(H,17,18). The van der Waals surface area contributed by atoms with E-state index in [-0.39, 0.29) is 5.91 Å². The van der Waals surface area contributed by atoms with E-state index in [1.54, 1.807) is 12.3 Å². The fourth-order valence-electron chi connectivity index (χ4n) is 1.44. The maximum absolute atomic E-state index is 11.9. The van der Waals surface area contributed by atoms with E-state index in [4.69, 9.17) is 0 Å². The summed E-state index contributed by atoms with van der Waals surface area (Å²) in [5.41, 5.74) is 1.42. The van der Waals surface area contributed by atoms with E-state index in [0.717, 1.165) is 25.1 Å². The van der Waals surface area contributed by atoms with Crippen molar-refractivity contribution >= 4 is 11.6 Å². The lowest BCUT2D eigenvalue weighted by Crippen LogP contribution is -2.28. The van der Waals surface area contributed by atoms with Gasteiger partial charge < -0.3 is 10.6 Å². The van der Waals surface area contributed by atoms with E-state index in [0.29, 0.717) is 18.2 Å². The molecule has 0 aliphatic heterocycles. The predicted molar refractivity (Wildman–Crippen MR) is 74.8 cm³/mol. The van der Waals surface area contributed by atoms with Gasteiger partial charge in [-0.1, -0.05) is 27.2 Å². The molecular formula is C14H23N3O. The van der Waals surface area contributed by atoms with Crippen molar-refractivity contribution in [2.75, 3.05) is 18.4 Å². The molecule has 2 N–H and O–H groups in total. The molecule has 0 fully saturated rings. The zero-order chi connectivity index (χ0) is 13.4. The third-order valence-corrected chi connectivity index (χ3v) is 2.88. The van der Waals surface area contributed by atoms with Gasteiger partial charge in [-0.05, 0) is 24.5 Å². The van der Waals surface area contributed by atoms with Crippen LogP contribution in [0.5, 0.6) is 0 Å². The molecule has 1 aromatic rings. The highest BCUT2D eigenvalue weighted by Crippen LogP contribution is 2.08. The summed E-state index contributed by atoms with van der Waals surface area (Å²) in [7, 11) is 0. The van der Waals surface area contributed by atoms with Crippen LogP contribution in [-0.4, -0.2) is 24.0 Å². The molecule has 1 aromatic heterocycles. The smallest absolute Gasteiger partial charge is 0.269 e. The Morgan fingerprint density at radius 2 is 2.22 bits per heavy atom. The van der Waals surface area contributed by atoms with E-state index in [2.05, 4.69) is 36.4 Å². The van der Waals surface area contributed by atoms with Gasteiger partial charge in [0.1, 0.15) is 5.69 Å². The first-order valence-corrected chi connectivity index (χ1v) is 6.65. The Morgan fingerprint density at radius 3 is 2.89 bits per heavy atom. The summed E-state index contributed by atoms with van der Waals surface area (Å²) < 4.78 is 0. The quantitative estimate of drug-likeness (QED) is 0.781. The van der Waals surface area contributed by atoms with Gasteiger partial charge >= 0.3 is 0 Å². The highest BCUT2D eigenvalue weighted by Gasteiger charge is 2.08. The zero-order valence-corrected chi connectivity index (χ0v) is 11.5. The van der Waals surface area contributed by atoms with Gasteiger partial charge in [-0.3, -0.25) is 9.78 Å². The SMILES string of the molecule is CCCNc1ccnc(C(=O)NCC(C)CC)c1. The molecule has 18 heavy (non-hydrogen) atoms. The lowest BCUT2D eigenvalue weighted by Gasteiger charge is -2.10. The second-order valence-electron chi connectivity index (χ2n) is 4.58. The van der Waals surface area contributed by atoms with Crippen LogP contribution in [0.4, 0.5) is 5.69 Å². The molecule has 0 saturated carbocycles. The van der Waals surface area contributed by atoms with E-state index < -0.39 is 0 Å². The summed E-state index contributed by atoms with van der Waals surface area (Å²) in [5, 5.41) is 6.15. The maximum atomic E-state index is 11.9. The average Bonchev–Trinajstić information content (AvgIpc) is 2.42. The first-order valence-electron chi connectivity index (χ1n) is 6.65. The molecule has 0 aromatic carbocycles. The number of hydrogen-bond donors (Lipinski definition) is 2. The Hall–Kier alpha value is -1.58. The number of carbonyl (C=O) groups excluding carboxylic acids is 1. The summed E-state index contributed by atoms with van der Waals surface area (Å²) in [5.74, 6) is 0.394. The average molecular weight is 249 g/mol. The molecular weight excluding hydrogens is 226 g/mol. The van der Waals surface area contributed by atoms with Crippen LogP contribution in [-0.2, 0) is 0 Å². The van der Waals surface area contributed by atoms with Gasteiger partial charge in [0.2, 0.25) is 0 Å². The summed E-state index contributed by atoms with van der Waals surface area (Å²) in [6.07, 6.45) is 3.78. The number of aromatic nitrogens is 1. The molecule has 0 saturated heterocycles. The first kappa shape index (κ1) is 14.5. The van der Waals surface area contributed by atoms with Crippen LogP contribution in [0.25, 0.3) is 0 Å². The van der Waals surface area contributed by atoms with Gasteiger partial charge in [-0.15, -0.1) is 0 Å². The fraction of sp³-hybridized carbons (Fsp3) is 0.571. The Bertz CT molecular complexity index is 379. The van der Waals surface area contributed by atoms with Crippen LogP contribution in [0.3, 0.4) is 0 Å². The summed E-state index contributed by atoms with van der Waals surface area (Å²) in [6.45, 7) is 7.94. The summed E-state index contributed by atoms with van der Waals surface area (Å²) in [4.78, 5) is 16.0. The van der Waals surface area contributed by atoms with Crippen LogP contribution in [0, 0.1) is 5.92 Å². The van der Waals surface area contributed by atoms with Crippen LogP contribution in [0.2, 0.25) is 0 Å². The van der Waals surface area contributed by atoms with Crippen molar-refractivity contribution in [1.82, 2.24) is 10.3 Å². The Labute approximate surface area is 109 Å². The number of hydrogen-bond acceptors (Lipinski definition) is 3. The van der Waals surface area contributed by atoms with E-state index in [1.807, 2.05) is 6.07 Å². The summed E-state index contributed by atoms with van der Waals surface area (Å²) >= 11 is 0. The number of nitrogens with one attached hydrogen (secondary N) is 2. The Kier molecular flexibility index (Phi) is 6.19. The number of nitrogens with zero attached hydrogens (tertiary/aromatic N) is 1. The second kappa shape index (κ2) is 7.69. The van der Waals surface area contributed by atoms with Crippen molar-refractivity contribution in [3.05, 3.63) is 24.0 Å². The zero-order valence-electron chi connectivity index (χ0n) is 11.5. The normalized spacial score (nSPS) is 11.9. The molecule has 0 radical (unpaired) electrons. The van der Waals surface area contributed by atoms with Crippen molar-refractivity contribution in [3.8, 4) is 0 Å². The molecule has 0 aliphatic carbocycles. The van der Waals surface area contributed by atoms with Gasteiger partial charge in [0, 0.05) is 25.0 Å². The largest absolute Gasteiger partial charge is 0.385 e. The first-order chi connectivity index (χ1) is 8.67. The van der Waals surface area contributed by atoms with Crippen LogP contribution in [0.15, 0.2) is 18.3 Å². The van der Waals surface area contributed by atoms with Crippen LogP contribution >= 0.6 is 0 Å². The molecule has 4 nitrogen and oxygen atoms in total. The Morgan fingerprint density at radius 1 is 1.44 bits per heavy atom. The minimum atomic E-state index is -0.101. The molecule has 4 heteroatoms.